The molecule has 3 heteroatoms. The van der Waals surface area contributed by atoms with E-state index < -0.39 is 0 Å². The van der Waals surface area contributed by atoms with Crippen LogP contribution in [0.1, 0.15) is 89.8 Å². The molecule has 1 heterocycles. The lowest BCUT2D eigenvalue weighted by molar-refractivity contribution is -0.119. The van der Waals surface area contributed by atoms with Gasteiger partial charge in [0.2, 0.25) is 0 Å². The van der Waals surface area contributed by atoms with Crippen molar-refractivity contribution < 1.29 is 5.11 Å². The predicted octanol–water partition coefficient (Wildman–Crippen LogP) is 6.00. The zero-order valence-electron chi connectivity index (χ0n) is 19.0. The molecule has 7 atom stereocenters. The third-order valence-corrected chi connectivity index (χ3v) is 10.2. The van der Waals surface area contributed by atoms with E-state index in [0.29, 0.717) is 11.3 Å². The fourth-order valence-electron chi connectivity index (χ4n) is 8.42. The first kappa shape index (κ1) is 19.8. The maximum atomic E-state index is 11.5. The first-order valence-corrected chi connectivity index (χ1v) is 12.3. The molecule has 4 aliphatic carbocycles. The van der Waals surface area contributed by atoms with Gasteiger partial charge in [0.1, 0.15) is 0 Å². The fourth-order valence-corrected chi connectivity index (χ4v) is 8.42. The normalized spacial score (nSPS) is 45.7. The van der Waals surface area contributed by atoms with E-state index in [9.17, 15) is 5.11 Å². The van der Waals surface area contributed by atoms with Gasteiger partial charge in [0.15, 0.2) is 0 Å². The van der Waals surface area contributed by atoms with Crippen molar-refractivity contribution in [1.82, 2.24) is 9.78 Å². The number of aliphatic hydroxyl groups is 1. The molecule has 4 fully saturated rings. The van der Waals surface area contributed by atoms with Crippen LogP contribution in [0.4, 0.5) is 0 Å². The summed E-state index contributed by atoms with van der Waals surface area (Å²) in [6, 6.07) is 0. The van der Waals surface area contributed by atoms with E-state index in [0.717, 1.165) is 30.7 Å². The predicted molar refractivity (Wildman–Crippen MR) is 118 cm³/mol. The van der Waals surface area contributed by atoms with Crippen LogP contribution in [0.25, 0.3) is 6.08 Å². The molecule has 1 aromatic heterocycles. The summed E-state index contributed by atoms with van der Waals surface area (Å²) in [4.78, 5) is 0. The van der Waals surface area contributed by atoms with Gasteiger partial charge in [-0.2, -0.15) is 5.10 Å². The Balaban J connectivity index is 1.45. The second-order valence-electron chi connectivity index (χ2n) is 11.3. The Morgan fingerprint density at radius 2 is 1.93 bits per heavy atom. The largest absolute Gasteiger partial charge is 0.388 e. The molecule has 0 amide bonds. The van der Waals surface area contributed by atoms with Crippen LogP contribution in [0, 0.1) is 41.4 Å². The molecule has 4 saturated carbocycles. The van der Waals surface area contributed by atoms with Crippen molar-refractivity contribution in [3.8, 4) is 0 Å². The molecule has 3 nitrogen and oxygen atoms in total. The van der Waals surface area contributed by atoms with E-state index in [1.165, 1.54) is 68.2 Å². The van der Waals surface area contributed by atoms with Crippen LogP contribution >= 0.6 is 0 Å². The number of hydrogen-bond acceptors (Lipinski definition) is 2. The zero-order valence-corrected chi connectivity index (χ0v) is 19.0. The molecule has 0 bridgehead atoms. The van der Waals surface area contributed by atoms with Gasteiger partial charge in [-0.25, -0.2) is 0 Å². The van der Waals surface area contributed by atoms with Crippen molar-refractivity contribution >= 4 is 6.08 Å². The average molecular weight is 397 g/mol. The van der Waals surface area contributed by atoms with Crippen LogP contribution in [0.5, 0.6) is 0 Å². The van der Waals surface area contributed by atoms with Crippen LogP contribution < -0.4 is 0 Å². The Labute approximate surface area is 177 Å². The van der Waals surface area contributed by atoms with Crippen LogP contribution in [0.15, 0.2) is 11.8 Å². The van der Waals surface area contributed by atoms with E-state index >= 15 is 0 Å². The van der Waals surface area contributed by atoms with Gasteiger partial charge in [0.25, 0.3) is 0 Å². The number of nitrogens with zero attached hydrogens (tertiary/aromatic N) is 2. The fraction of sp³-hybridized carbons (Fsp3) is 0.808. The van der Waals surface area contributed by atoms with Crippen molar-refractivity contribution in [1.29, 1.82) is 0 Å². The Bertz CT molecular complexity index is 810. The molecular weight excluding hydrogens is 356 g/mol. The molecule has 4 aliphatic rings. The minimum atomic E-state index is -0.283. The van der Waals surface area contributed by atoms with Crippen molar-refractivity contribution in [3.05, 3.63) is 23.0 Å². The molecule has 0 spiro atoms. The summed E-state index contributed by atoms with van der Waals surface area (Å²) >= 11 is 0. The Morgan fingerprint density at radius 1 is 1.10 bits per heavy atom. The van der Waals surface area contributed by atoms with E-state index in [4.69, 9.17) is 0 Å². The lowest BCUT2D eigenvalue weighted by Gasteiger charge is -2.60. The summed E-state index contributed by atoms with van der Waals surface area (Å²) in [5.41, 5.74) is 4.33. The van der Waals surface area contributed by atoms with Crippen molar-refractivity contribution in [2.75, 3.05) is 0 Å². The quantitative estimate of drug-likeness (QED) is 0.666. The van der Waals surface area contributed by atoms with Gasteiger partial charge in [0.05, 0.1) is 12.3 Å². The molecule has 5 rings (SSSR count). The maximum Gasteiger partial charge on any atom is 0.0809 e. The molecule has 1 aromatic rings. The van der Waals surface area contributed by atoms with E-state index in [1.54, 1.807) is 0 Å². The summed E-state index contributed by atoms with van der Waals surface area (Å²) in [7, 11) is 0. The van der Waals surface area contributed by atoms with Gasteiger partial charge in [-0.1, -0.05) is 26.7 Å². The van der Waals surface area contributed by atoms with Gasteiger partial charge >= 0.3 is 0 Å². The van der Waals surface area contributed by atoms with Crippen LogP contribution in [0.3, 0.4) is 0 Å². The highest BCUT2D eigenvalue weighted by atomic mass is 16.3. The highest BCUT2D eigenvalue weighted by molar-refractivity contribution is 5.57. The minimum absolute atomic E-state index is 0.0690. The number of aryl methyl sites for hydroxylation is 1. The van der Waals surface area contributed by atoms with Crippen molar-refractivity contribution in [2.45, 2.75) is 98.1 Å². The molecule has 0 unspecified atom stereocenters. The summed E-state index contributed by atoms with van der Waals surface area (Å²) < 4.78 is 2.06. The molecule has 160 valence electrons. The number of aromatic nitrogens is 2. The van der Waals surface area contributed by atoms with Gasteiger partial charge in [0, 0.05) is 23.2 Å². The zero-order chi connectivity index (χ0) is 20.4. The van der Waals surface area contributed by atoms with Crippen molar-refractivity contribution in [3.63, 3.8) is 0 Å². The Kier molecular flexibility index (Phi) is 4.77. The molecular formula is C26H40N2O. The van der Waals surface area contributed by atoms with Crippen molar-refractivity contribution in [2.24, 2.45) is 34.5 Å². The molecule has 1 N–H and O–H groups in total. The van der Waals surface area contributed by atoms with Crippen LogP contribution in [-0.2, 0) is 6.54 Å². The summed E-state index contributed by atoms with van der Waals surface area (Å²) in [6.07, 6.45) is 16.3. The standard InChI is InChI=1S/C26H40N2O/c1-5-28-17(2)19(16-27-28)14-18-15-23-21-10-9-20-8-6-7-12-25(20,3)22(21)11-13-26(23,4)24(18)29/h14,16,20-24,29H,5-13,15H2,1-4H3/b18-14-/t20-,21+,22+,23-,24+,25-,26-/m0/s1. The second-order valence-corrected chi connectivity index (χ2v) is 11.3. The van der Waals surface area contributed by atoms with Gasteiger partial charge < -0.3 is 5.11 Å². The first-order chi connectivity index (χ1) is 13.9. The van der Waals surface area contributed by atoms with E-state index in [-0.39, 0.29) is 11.5 Å². The molecule has 0 aliphatic heterocycles. The summed E-state index contributed by atoms with van der Waals surface area (Å²) in [5, 5.41) is 16.0. The van der Waals surface area contributed by atoms with Gasteiger partial charge in [-0.05, 0) is 99.5 Å². The second kappa shape index (κ2) is 6.97. The van der Waals surface area contributed by atoms with E-state index in [1.807, 2.05) is 6.20 Å². The van der Waals surface area contributed by atoms with Gasteiger partial charge in [-0.3, -0.25) is 4.68 Å². The number of fused-ring (bicyclic) bond motifs is 5. The summed E-state index contributed by atoms with van der Waals surface area (Å²) in [6.45, 7) is 10.2. The molecule has 0 aromatic carbocycles. The Morgan fingerprint density at radius 3 is 2.69 bits per heavy atom. The van der Waals surface area contributed by atoms with Crippen LogP contribution in [0.2, 0.25) is 0 Å². The monoisotopic (exact) mass is 396 g/mol. The van der Waals surface area contributed by atoms with Gasteiger partial charge in [-0.15, -0.1) is 0 Å². The SMILES string of the molecule is CCn1ncc(/C=C2/C[C@H]3[C@@H]4CC[C@@H]5CCCC[C@]5(C)[C@@H]4CC[C@]3(C)[C@@H]2O)c1C. The molecule has 0 saturated heterocycles. The molecule has 29 heavy (non-hydrogen) atoms. The number of hydrogen-bond donors (Lipinski definition) is 1. The number of aliphatic hydroxyl groups excluding tert-OH is 1. The van der Waals surface area contributed by atoms with E-state index in [2.05, 4.69) is 43.6 Å². The lowest BCUT2D eigenvalue weighted by Crippen LogP contribution is -2.53. The maximum absolute atomic E-state index is 11.5. The molecule has 0 radical (unpaired) electrons. The first-order valence-electron chi connectivity index (χ1n) is 12.3. The average Bonchev–Trinajstić information content (AvgIpc) is 3.19. The highest BCUT2D eigenvalue weighted by Gasteiger charge is 2.60. The third-order valence-electron chi connectivity index (χ3n) is 10.2. The van der Waals surface area contributed by atoms with Crippen LogP contribution in [-0.4, -0.2) is 21.0 Å². The summed E-state index contributed by atoms with van der Waals surface area (Å²) in [5.74, 6) is 3.32. The number of rotatable bonds is 2. The highest BCUT2D eigenvalue weighted by Crippen LogP contribution is 2.67. The lowest BCUT2D eigenvalue weighted by atomic mass is 9.45. The topological polar surface area (TPSA) is 38.0 Å². The Hall–Kier alpha value is -1.09. The minimum Gasteiger partial charge on any atom is -0.388 e. The third kappa shape index (κ3) is 2.82. The smallest absolute Gasteiger partial charge is 0.0809 e.